The van der Waals surface area contributed by atoms with Crippen molar-refractivity contribution in [2.24, 2.45) is 5.92 Å². The molecule has 0 aliphatic carbocycles. The molecular formula is C14H23N2. The van der Waals surface area contributed by atoms with Crippen LogP contribution < -0.4 is 5.32 Å². The predicted molar refractivity (Wildman–Crippen MR) is 68.2 cm³/mol. The van der Waals surface area contributed by atoms with Gasteiger partial charge >= 0.3 is 0 Å². The lowest BCUT2D eigenvalue weighted by molar-refractivity contribution is 0.414. The summed E-state index contributed by atoms with van der Waals surface area (Å²) in [5.41, 5.74) is 1.08. The fourth-order valence-corrected chi connectivity index (χ4v) is 1.77. The van der Waals surface area contributed by atoms with E-state index in [4.69, 9.17) is 0 Å². The lowest BCUT2D eigenvalue weighted by Gasteiger charge is -2.13. The third kappa shape index (κ3) is 5.26. The van der Waals surface area contributed by atoms with Crippen molar-refractivity contribution in [3.8, 4) is 0 Å². The fraction of sp³-hybridized carbons (Fsp3) is 0.643. The van der Waals surface area contributed by atoms with Crippen LogP contribution in [-0.2, 0) is 6.54 Å². The van der Waals surface area contributed by atoms with Gasteiger partial charge in [-0.25, -0.2) is 5.32 Å². The van der Waals surface area contributed by atoms with Gasteiger partial charge < -0.3 is 0 Å². The van der Waals surface area contributed by atoms with Crippen LogP contribution in [0.3, 0.4) is 0 Å². The maximum Gasteiger partial charge on any atom is 0.0558 e. The molecule has 1 unspecified atom stereocenters. The summed E-state index contributed by atoms with van der Waals surface area (Å²) in [4.78, 5) is 4.27. The Kier molecular flexibility index (Phi) is 6.82. The van der Waals surface area contributed by atoms with Crippen molar-refractivity contribution >= 4 is 0 Å². The molecule has 16 heavy (non-hydrogen) atoms. The molecule has 1 aromatic heterocycles. The highest BCUT2D eigenvalue weighted by atomic mass is 14.9. The van der Waals surface area contributed by atoms with Crippen molar-refractivity contribution in [1.29, 1.82) is 0 Å². The average Bonchev–Trinajstić information content (AvgIpc) is 2.35. The Labute approximate surface area is 99.5 Å². The van der Waals surface area contributed by atoms with Crippen molar-refractivity contribution in [1.82, 2.24) is 10.3 Å². The Bertz CT molecular complexity index is 259. The molecule has 1 rings (SSSR count). The molecule has 1 atom stereocenters. The molecule has 89 valence electrons. The van der Waals surface area contributed by atoms with Gasteiger partial charge in [0.25, 0.3) is 0 Å². The van der Waals surface area contributed by atoms with E-state index in [2.05, 4.69) is 24.1 Å². The van der Waals surface area contributed by atoms with E-state index >= 15 is 0 Å². The number of hydrogen-bond donors (Lipinski definition) is 0. The molecule has 0 aromatic carbocycles. The Hall–Kier alpha value is -0.890. The van der Waals surface area contributed by atoms with E-state index in [1.807, 2.05) is 24.4 Å². The van der Waals surface area contributed by atoms with Crippen LogP contribution in [0.1, 0.15) is 45.2 Å². The van der Waals surface area contributed by atoms with E-state index in [-0.39, 0.29) is 0 Å². The average molecular weight is 219 g/mol. The smallest absolute Gasteiger partial charge is 0.0558 e. The van der Waals surface area contributed by atoms with Crippen LogP contribution in [0.15, 0.2) is 24.4 Å². The first-order chi connectivity index (χ1) is 7.86. The maximum atomic E-state index is 4.60. The molecule has 0 aliphatic rings. The maximum absolute atomic E-state index is 4.60. The Balaban J connectivity index is 2.18. The quantitative estimate of drug-likeness (QED) is 0.658. The summed E-state index contributed by atoms with van der Waals surface area (Å²) >= 11 is 0. The Morgan fingerprint density at radius 1 is 1.31 bits per heavy atom. The molecule has 2 nitrogen and oxygen atoms in total. The Morgan fingerprint density at radius 3 is 2.81 bits per heavy atom. The summed E-state index contributed by atoms with van der Waals surface area (Å²) in [6.07, 6.45) is 7.01. The van der Waals surface area contributed by atoms with E-state index in [0.717, 1.165) is 24.7 Å². The molecule has 1 aromatic rings. The van der Waals surface area contributed by atoms with E-state index in [0.29, 0.717) is 0 Å². The van der Waals surface area contributed by atoms with Crippen molar-refractivity contribution in [3.63, 3.8) is 0 Å². The van der Waals surface area contributed by atoms with Crippen molar-refractivity contribution in [3.05, 3.63) is 30.1 Å². The molecule has 0 saturated carbocycles. The number of pyridine rings is 1. The van der Waals surface area contributed by atoms with Gasteiger partial charge in [-0.15, -0.1) is 0 Å². The first kappa shape index (κ1) is 13.2. The zero-order valence-corrected chi connectivity index (χ0v) is 10.5. The highest BCUT2D eigenvalue weighted by molar-refractivity contribution is 5.02. The molecule has 0 saturated heterocycles. The van der Waals surface area contributed by atoms with Gasteiger partial charge in [0.1, 0.15) is 0 Å². The van der Waals surface area contributed by atoms with Gasteiger partial charge in [-0.1, -0.05) is 39.2 Å². The van der Waals surface area contributed by atoms with Crippen LogP contribution in [0.2, 0.25) is 0 Å². The number of hydrogen-bond acceptors (Lipinski definition) is 1. The standard InChI is InChI=1S/C14H23N2/c1-3-5-8-13(4-2)11-15-12-14-9-6-7-10-16-14/h6-7,9-10,13H,3-5,8,11-12H2,1-2H3. The number of aromatic nitrogens is 1. The molecule has 0 N–H and O–H groups in total. The molecule has 2 heteroatoms. The minimum Gasteiger partial charge on any atom is -0.260 e. The molecule has 0 aliphatic heterocycles. The lowest BCUT2D eigenvalue weighted by Crippen LogP contribution is -2.16. The summed E-state index contributed by atoms with van der Waals surface area (Å²) < 4.78 is 0. The summed E-state index contributed by atoms with van der Waals surface area (Å²) in [6, 6.07) is 6.00. The molecule has 0 fully saturated rings. The molecule has 1 heterocycles. The number of rotatable bonds is 8. The van der Waals surface area contributed by atoms with Crippen LogP contribution in [-0.4, -0.2) is 11.5 Å². The summed E-state index contributed by atoms with van der Waals surface area (Å²) in [6.45, 7) is 6.27. The number of nitrogens with zero attached hydrogens (tertiary/aromatic N) is 2. The van der Waals surface area contributed by atoms with Crippen LogP contribution in [0.5, 0.6) is 0 Å². The van der Waals surface area contributed by atoms with E-state index < -0.39 is 0 Å². The zero-order chi connectivity index (χ0) is 11.6. The fourth-order valence-electron chi connectivity index (χ4n) is 1.77. The van der Waals surface area contributed by atoms with Gasteiger partial charge in [-0.2, -0.15) is 0 Å². The highest BCUT2D eigenvalue weighted by Crippen LogP contribution is 2.11. The molecule has 0 bridgehead atoms. The first-order valence-electron chi connectivity index (χ1n) is 6.40. The zero-order valence-electron chi connectivity index (χ0n) is 10.5. The van der Waals surface area contributed by atoms with Gasteiger partial charge in [0.2, 0.25) is 0 Å². The second-order valence-corrected chi connectivity index (χ2v) is 4.30. The third-order valence-corrected chi connectivity index (χ3v) is 2.93. The van der Waals surface area contributed by atoms with Crippen LogP contribution in [0.25, 0.3) is 0 Å². The monoisotopic (exact) mass is 219 g/mol. The van der Waals surface area contributed by atoms with Gasteiger partial charge in [-0.05, 0) is 24.5 Å². The Morgan fingerprint density at radius 2 is 2.19 bits per heavy atom. The SMILES string of the molecule is CCCCC(CC)C[N]Cc1ccccn1. The summed E-state index contributed by atoms with van der Waals surface area (Å²) in [5, 5.41) is 4.60. The topological polar surface area (TPSA) is 27.0 Å². The molecule has 0 amide bonds. The minimum absolute atomic E-state index is 0.767. The van der Waals surface area contributed by atoms with Gasteiger partial charge in [0.15, 0.2) is 0 Å². The van der Waals surface area contributed by atoms with E-state index in [1.165, 1.54) is 25.7 Å². The van der Waals surface area contributed by atoms with Crippen LogP contribution in [0, 0.1) is 5.92 Å². The van der Waals surface area contributed by atoms with Crippen molar-refractivity contribution in [2.45, 2.75) is 46.1 Å². The van der Waals surface area contributed by atoms with Gasteiger partial charge in [0, 0.05) is 12.7 Å². The van der Waals surface area contributed by atoms with E-state index in [9.17, 15) is 0 Å². The van der Waals surface area contributed by atoms with E-state index in [1.54, 1.807) is 0 Å². The van der Waals surface area contributed by atoms with Gasteiger partial charge in [0.05, 0.1) is 12.2 Å². The second-order valence-electron chi connectivity index (χ2n) is 4.30. The summed E-state index contributed by atoms with van der Waals surface area (Å²) in [5.74, 6) is 0.767. The molecular weight excluding hydrogens is 196 g/mol. The van der Waals surface area contributed by atoms with Gasteiger partial charge in [-0.3, -0.25) is 4.98 Å². The minimum atomic E-state index is 0.767. The third-order valence-electron chi connectivity index (χ3n) is 2.93. The normalized spacial score (nSPS) is 12.6. The largest absolute Gasteiger partial charge is 0.260 e. The predicted octanol–water partition coefficient (Wildman–Crippen LogP) is 3.40. The van der Waals surface area contributed by atoms with Crippen LogP contribution in [0.4, 0.5) is 0 Å². The highest BCUT2D eigenvalue weighted by Gasteiger charge is 2.05. The number of unbranched alkanes of at least 4 members (excludes halogenated alkanes) is 1. The van der Waals surface area contributed by atoms with Crippen molar-refractivity contribution < 1.29 is 0 Å². The molecule has 1 radical (unpaired) electrons. The van der Waals surface area contributed by atoms with Crippen molar-refractivity contribution in [2.75, 3.05) is 6.54 Å². The summed E-state index contributed by atoms with van der Waals surface area (Å²) in [7, 11) is 0. The first-order valence-corrected chi connectivity index (χ1v) is 6.40. The second kappa shape index (κ2) is 8.28. The lowest BCUT2D eigenvalue weighted by atomic mass is 9.99. The van der Waals surface area contributed by atoms with Crippen LogP contribution >= 0.6 is 0 Å². The molecule has 0 spiro atoms.